The Morgan fingerprint density at radius 3 is 2.30 bits per heavy atom. The number of nitrogens with two attached hydrogens (primary N) is 2. The molecule has 0 aliphatic heterocycles. The second-order valence-electron chi connectivity index (χ2n) is 4.91. The Morgan fingerprint density at radius 1 is 0.957 bits per heavy atom. The molecule has 0 amide bonds. The molecule has 23 heavy (non-hydrogen) atoms. The van der Waals surface area contributed by atoms with Gasteiger partial charge >= 0.3 is 0 Å². The molecule has 1 heterocycles. The molecule has 0 saturated carbocycles. The van der Waals surface area contributed by atoms with Crippen LogP contribution < -0.4 is 11.5 Å². The summed E-state index contributed by atoms with van der Waals surface area (Å²) in [6.07, 6.45) is 0. The summed E-state index contributed by atoms with van der Waals surface area (Å²) in [4.78, 5) is 8.56. The Bertz CT molecular complexity index is 913. The summed E-state index contributed by atoms with van der Waals surface area (Å²) in [6.45, 7) is 0. The molecule has 6 heteroatoms. The van der Waals surface area contributed by atoms with Gasteiger partial charge in [0.05, 0.1) is 11.3 Å². The molecular formula is C17H13N5O. The van der Waals surface area contributed by atoms with Crippen LogP contribution in [-0.2, 0) is 0 Å². The number of aromatic hydroxyl groups is 1. The molecule has 1 aromatic heterocycles. The summed E-state index contributed by atoms with van der Waals surface area (Å²) in [5, 5.41) is 19.3. The number of hydrogen-bond acceptors (Lipinski definition) is 6. The van der Waals surface area contributed by atoms with Gasteiger partial charge in [0, 0.05) is 11.3 Å². The van der Waals surface area contributed by atoms with Gasteiger partial charge in [-0.1, -0.05) is 24.3 Å². The number of benzene rings is 2. The second kappa shape index (κ2) is 5.66. The van der Waals surface area contributed by atoms with E-state index in [0.29, 0.717) is 22.5 Å². The Labute approximate surface area is 132 Å². The molecule has 5 N–H and O–H groups in total. The predicted molar refractivity (Wildman–Crippen MR) is 88.1 cm³/mol. The number of rotatable bonds is 2. The maximum absolute atomic E-state index is 9.98. The Morgan fingerprint density at radius 2 is 1.65 bits per heavy atom. The lowest BCUT2D eigenvalue weighted by atomic mass is 10.1. The summed E-state index contributed by atoms with van der Waals surface area (Å²) >= 11 is 0. The lowest BCUT2D eigenvalue weighted by Gasteiger charge is -2.10. The number of phenolic OH excluding ortho intramolecular Hbond substituents is 1. The van der Waals surface area contributed by atoms with E-state index >= 15 is 0 Å². The fourth-order valence-corrected chi connectivity index (χ4v) is 2.22. The summed E-state index contributed by atoms with van der Waals surface area (Å²) in [6, 6.07) is 15.7. The summed E-state index contributed by atoms with van der Waals surface area (Å²) in [5.74, 6) is 0.360. The van der Waals surface area contributed by atoms with E-state index < -0.39 is 0 Å². The zero-order valence-corrected chi connectivity index (χ0v) is 12.1. The van der Waals surface area contributed by atoms with Gasteiger partial charge in [0.25, 0.3) is 0 Å². The van der Waals surface area contributed by atoms with Gasteiger partial charge in [-0.05, 0) is 24.3 Å². The topological polar surface area (TPSA) is 122 Å². The number of phenols is 1. The number of nitriles is 1. The Kier molecular flexibility index (Phi) is 3.53. The molecule has 0 fully saturated rings. The van der Waals surface area contributed by atoms with Crippen LogP contribution in [0, 0.1) is 11.3 Å². The second-order valence-corrected chi connectivity index (χ2v) is 4.91. The number of nitrogen functional groups attached to an aromatic ring is 2. The van der Waals surface area contributed by atoms with E-state index in [2.05, 4.69) is 9.97 Å². The highest BCUT2D eigenvalue weighted by Gasteiger charge is 2.16. The van der Waals surface area contributed by atoms with Crippen molar-refractivity contribution in [3.05, 3.63) is 54.1 Å². The minimum Gasteiger partial charge on any atom is -0.507 e. The van der Waals surface area contributed by atoms with Crippen molar-refractivity contribution >= 4 is 11.5 Å². The average Bonchev–Trinajstić information content (AvgIpc) is 2.55. The molecular weight excluding hydrogens is 290 g/mol. The monoisotopic (exact) mass is 303 g/mol. The maximum Gasteiger partial charge on any atom is 0.165 e. The first kappa shape index (κ1) is 14.4. The molecule has 0 radical (unpaired) electrons. The van der Waals surface area contributed by atoms with Gasteiger partial charge in [-0.3, -0.25) is 0 Å². The SMILES string of the molecule is N#Cc1c(N)nc(-c2ccccc2O)nc1-c1ccc(N)cc1. The number of para-hydroxylation sites is 1. The highest BCUT2D eigenvalue weighted by Crippen LogP contribution is 2.31. The van der Waals surface area contributed by atoms with Gasteiger partial charge in [-0.25, -0.2) is 9.97 Å². The molecule has 0 bridgehead atoms. The Hall–Kier alpha value is -3.59. The van der Waals surface area contributed by atoms with Crippen LogP contribution in [-0.4, -0.2) is 15.1 Å². The van der Waals surface area contributed by atoms with Gasteiger partial charge in [-0.15, -0.1) is 0 Å². The van der Waals surface area contributed by atoms with Gasteiger partial charge in [0.15, 0.2) is 5.82 Å². The van der Waals surface area contributed by atoms with Crippen LogP contribution in [0.15, 0.2) is 48.5 Å². The van der Waals surface area contributed by atoms with Crippen LogP contribution in [0.1, 0.15) is 5.56 Å². The summed E-state index contributed by atoms with van der Waals surface area (Å²) < 4.78 is 0. The third kappa shape index (κ3) is 2.63. The fraction of sp³-hybridized carbons (Fsp3) is 0. The quantitative estimate of drug-likeness (QED) is 0.625. The highest BCUT2D eigenvalue weighted by atomic mass is 16.3. The van der Waals surface area contributed by atoms with Gasteiger partial charge in [-0.2, -0.15) is 5.26 Å². The lowest BCUT2D eigenvalue weighted by molar-refractivity contribution is 0.477. The average molecular weight is 303 g/mol. The standard InChI is InChI=1S/C17H13N5O/c18-9-13-15(10-5-7-11(19)8-6-10)21-17(22-16(13)20)12-3-1-2-4-14(12)23/h1-8,23H,19H2,(H2,20,21,22). The van der Waals surface area contributed by atoms with Crippen LogP contribution in [0.2, 0.25) is 0 Å². The maximum atomic E-state index is 9.98. The smallest absolute Gasteiger partial charge is 0.165 e. The molecule has 3 rings (SSSR count). The van der Waals surface area contributed by atoms with Crippen LogP contribution >= 0.6 is 0 Å². The first-order chi connectivity index (χ1) is 11.1. The molecule has 3 aromatic rings. The largest absolute Gasteiger partial charge is 0.507 e. The van der Waals surface area contributed by atoms with E-state index in [9.17, 15) is 10.4 Å². The first-order valence-corrected chi connectivity index (χ1v) is 6.82. The molecule has 0 aliphatic carbocycles. The van der Waals surface area contributed by atoms with Crippen LogP contribution in [0.4, 0.5) is 11.5 Å². The molecule has 112 valence electrons. The van der Waals surface area contributed by atoms with E-state index in [1.807, 2.05) is 6.07 Å². The minimum atomic E-state index is 0.0415. The highest BCUT2D eigenvalue weighted by molar-refractivity contribution is 5.76. The van der Waals surface area contributed by atoms with Crippen molar-refractivity contribution in [2.24, 2.45) is 0 Å². The molecule has 0 spiro atoms. The van der Waals surface area contributed by atoms with Crippen molar-refractivity contribution in [2.75, 3.05) is 11.5 Å². The molecule has 6 nitrogen and oxygen atoms in total. The number of nitrogens with zero attached hydrogens (tertiary/aromatic N) is 3. The van der Waals surface area contributed by atoms with Crippen molar-refractivity contribution in [1.29, 1.82) is 5.26 Å². The summed E-state index contributed by atoms with van der Waals surface area (Å²) in [5.41, 5.74) is 13.9. The van der Waals surface area contributed by atoms with Crippen LogP contribution in [0.3, 0.4) is 0 Å². The number of hydrogen-bond donors (Lipinski definition) is 3. The minimum absolute atomic E-state index is 0.0415. The van der Waals surface area contributed by atoms with Gasteiger partial charge in [0.1, 0.15) is 23.2 Å². The zero-order valence-electron chi connectivity index (χ0n) is 12.1. The normalized spacial score (nSPS) is 10.2. The van der Waals surface area contributed by atoms with Crippen molar-refractivity contribution < 1.29 is 5.11 Å². The van der Waals surface area contributed by atoms with Crippen LogP contribution in [0.5, 0.6) is 5.75 Å². The van der Waals surface area contributed by atoms with Gasteiger partial charge in [0.2, 0.25) is 0 Å². The van der Waals surface area contributed by atoms with Crippen molar-refractivity contribution in [1.82, 2.24) is 9.97 Å². The molecule has 0 unspecified atom stereocenters. The van der Waals surface area contributed by atoms with Crippen molar-refractivity contribution in [3.8, 4) is 34.5 Å². The van der Waals surface area contributed by atoms with Crippen molar-refractivity contribution in [3.63, 3.8) is 0 Å². The third-order valence-corrected chi connectivity index (χ3v) is 3.38. The fourth-order valence-electron chi connectivity index (χ4n) is 2.22. The molecule has 0 atom stereocenters. The van der Waals surface area contributed by atoms with E-state index in [0.717, 1.165) is 0 Å². The van der Waals surface area contributed by atoms with E-state index in [-0.39, 0.29) is 23.0 Å². The number of anilines is 2. The third-order valence-electron chi connectivity index (χ3n) is 3.38. The van der Waals surface area contributed by atoms with Gasteiger partial charge < -0.3 is 16.6 Å². The van der Waals surface area contributed by atoms with Crippen molar-refractivity contribution in [2.45, 2.75) is 0 Å². The Balaban J connectivity index is 2.25. The molecule has 0 aliphatic rings. The first-order valence-electron chi connectivity index (χ1n) is 6.82. The molecule has 2 aromatic carbocycles. The zero-order chi connectivity index (χ0) is 16.4. The van der Waals surface area contributed by atoms with E-state index in [1.165, 1.54) is 6.07 Å². The lowest BCUT2D eigenvalue weighted by Crippen LogP contribution is -2.03. The molecule has 0 saturated heterocycles. The van der Waals surface area contributed by atoms with Crippen LogP contribution in [0.25, 0.3) is 22.6 Å². The number of aromatic nitrogens is 2. The van der Waals surface area contributed by atoms with E-state index in [4.69, 9.17) is 11.5 Å². The predicted octanol–water partition coefficient (Wildman–Crippen LogP) is 2.55. The summed E-state index contributed by atoms with van der Waals surface area (Å²) in [7, 11) is 0. The van der Waals surface area contributed by atoms with E-state index in [1.54, 1.807) is 42.5 Å².